The lowest BCUT2D eigenvalue weighted by Crippen LogP contribution is -2.42. The van der Waals surface area contributed by atoms with Gasteiger partial charge in [0.05, 0.1) is 30.7 Å². The first-order valence-electron chi connectivity index (χ1n) is 11.3. The maximum atomic E-state index is 12.9. The monoisotopic (exact) mass is 467 g/mol. The Morgan fingerprint density at radius 1 is 1.12 bits per heavy atom. The zero-order valence-electron chi connectivity index (χ0n) is 18.8. The number of fused-ring (bicyclic) bond motifs is 1. The summed E-state index contributed by atoms with van der Waals surface area (Å²) in [7, 11) is 1.64. The van der Waals surface area contributed by atoms with E-state index in [0.29, 0.717) is 29.7 Å². The fraction of sp³-hybridized carbons (Fsp3) is 0.417. The highest BCUT2D eigenvalue weighted by atomic mass is 32.1. The van der Waals surface area contributed by atoms with Crippen molar-refractivity contribution in [2.75, 3.05) is 69.8 Å². The number of nitrogens with one attached hydrogen (secondary N) is 2. The summed E-state index contributed by atoms with van der Waals surface area (Å²) in [5.74, 6) is 0.547. The van der Waals surface area contributed by atoms with Crippen molar-refractivity contribution in [3.63, 3.8) is 0 Å². The lowest BCUT2D eigenvalue weighted by atomic mass is 10.1. The Labute approximate surface area is 197 Å². The smallest absolute Gasteiger partial charge is 0.257 e. The first kappa shape index (κ1) is 22.1. The molecule has 0 aliphatic carbocycles. The first-order valence-corrected chi connectivity index (χ1v) is 12.2. The van der Waals surface area contributed by atoms with Crippen LogP contribution in [0, 0.1) is 0 Å². The molecule has 1 amide bonds. The Morgan fingerprint density at radius 2 is 1.88 bits per heavy atom. The Bertz CT molecular complexity index is 1110. The number of carbonyl (C=O) groups is 1. The van der Waals surface area contributed by atoms with Gasteiger partial charge in [0, 0.05) is 51.4 Å². The SMILES string of the molecule is COc1ccc(N2CCOCC2)c2sc(NC(=O)c3ccc(CN4CCNCC4)cc3)nc12. The second-order valence-corrected chi connectivity index (χ2v) is 9.26. The minimum absolute atomic E-state index is 0.158. The average molecular weight is 468 g/mol. The minimum atomic E-state index is -0.158. The summed E-state index contributed by atoms with van der Waals surface area (Å²) in [5, 5.41) is 6.92. The van der Waals surface area contributed by atoms with Gasteiger partial charge in [-0.15, -0.1) is 0 Å². The second kappa shape index (κ2) is 10.0. The van der Waals surface area contributed by atoms with Crippen molar-refractivity contribution in [2.24, 2.45) is 0 Å². The van der Waals surface area contributed by atoms with E-state index in [2.05, 4.69) is 26.5 Å². The van der Waals surface area contributed by atoms with Crippen LogP contribution < -0.4 is 20.3 Å². The number of benzene rings is 2. The van der Waals surface area contributed by atoms with Gasteiger partial charge in [0.15, 0.2) is 5.13 Å². The molecule has 3 heterocycles. The quantitative estimate of drug-likeness (QED) is 0.577. The van der Waals surface area contributed by atoms with Crippen molar-refractivity contribution in [1.82, 2.24) is 15.2 Å². The summed E-state index contributed by atoms with van der Waals surface area (Å²) in [6.07, 6.45) is 0. The summed E-state index contributed by atoms with van der Waals surface area (Å²) in [6, 6.07) is 11.9. The summed E-state index contributed by atoms with van der Waals surface area (Å²) in [5.41, 5.74) is 3.71. The minimum Gasteiger partial charge on any atom is -0.494 e. The summed E-state index contributed by atoms with van der Waals surface area (Å²) in [4.78, 5) is 22.3. The number of methoxy groups -OCH3 is 1. The standard InChI is InChI=1S/C24H29N5O3S/c1-31-20-7-6-19(29-12-14-32-15-13-29)22-21(20)26-24(33-22)27-23(30)18-4-2-17(3-5-18)16-28-10-8-25-9-11-28/h2-7,25H,8-16H2,1H3,(H,26,27,30). The fourth-order valence-corrected chi connectivity index (χ4v) is 5.32. The number of hydrogen-bond acceptors (Lipinski definition) is 8. The van der Waals surface area contributed by atoms with Crippen LogP contribution in [0.15, 0.2) is 36.4 Å². The molecule has 1 aromatic heterocycles. The number of hydrogen-bond donors (Lipinski definition) is 2. The van der Waals surface area contributed by atoms with E-state index in [1.165, 1.54) is 16.9 Å². The molecule has 0 unspecified atom stereocenters. The van der Waals surface area contributed by atoms with E-state index in [0.717, 1.165) is 61.7 Å². The number of thiazole rings is 1. The number of carbonyl (C=O) groups excluding carboxylic acids is 1. The van der Waals surface area contributed by atoms with Gasteiger partial charge >= 0.3 is 0 Å². The van der Waals surface area contributed by atoms with E-state index >= 15 is 0 Å². The highest BCUT2D eigenvalue weighted by molar-refractivity contribution is 7.23. The number of anilines is 2. The van der Waals surface area contributed by atoms with Gasteiger partial charge in [-0.1, -0.05) is 23.5 Å². The fourth-order valence-electron chi connectivity index (χ4n) is 4.30. The molecule has 33 heavy (non-hydrogen) atoms. The highest BCUT2D eigenvalue weighted by Gasteiger charge is 2.20. The summed E-state index contributed by atoms with van der Waals surface area (Å²) in [6.45, 7) is 8.15. The van der Waals surface area contributed by atoms with Crippen molar-refractivity contribution in [2.45, 2.75) is 6.54 Å². The predicted octanol–water partition coefficient (Wildman–Crippen LogP) is 2.80. The van der Waals surface area contributed by atoms with E-state index in [-0.39, 0.29) is 5.91 Å². The third kappa shape index (κ3) is 4.96. The van der Waals surface area contributed by atoms with Gasteiger partial charge in [-0.25, -0.2) is 4.98 Å². The van der Waals surface area contributed by atoms with Crippen molar-refractivity contribution in [1.29, 1.82) is 0 Å². The number of rotatable bonds is 6. The van der Waals surface area contributed by atoms with Gasteiger partial charge in [-0.2, -0.15) is 0 Å². The maximum Gasteiger partial charge on any atom is 0.257 e. The zero-order valence-corrected chi connectivity index (χ0v) is 19.6. The van der Waals surface area contributed by atoms with Gasteiger partial charge < -0.3 is 19.7 Å². The average Bonchev–Trinajstić information content (AvgIpc) is 3.28. The van der Waals surface area contributed by atoms with E-state index in [9.17, 15) is 4.79 Å². The third-order valence-electron chi connectivity index (χ3n) is 6.11. The Morgan fingerprint density at radius 3 is 2.61 bits per heavy atom. The van der Waals surface area contributed by atoms with Crippen LogP contribution in [-0.2, 0) is 11.3 Å². The molecule has 174 valence electrons. The van der Waals surface area contributed by atoms with Crippen LogP contribution in [-0.4, -0.2) is 75.4 Å². The molecular weight excluding hydrogens is 438 g/mol. The molecular formula is C24H29N5O3S. The molecule has 0 saturated carbocycles. The van der Waals surface area contributed by atoms with E-state index in [4.69, 9.17) is 14.5 Å². The first-order chi connectivity index (χ1) is 16.2. The molecule has 2 fully saturated rings. The molecule has 2 aliphatic heterocycles. The van der Waals surface area contributed by atoms with Gasteiger partial charge in [-0.05, 0) is 29.8 Å². The Hall–Kier alpha value is -2.72. The molecule has 2 saturated heterocycles. The van der Waals surface area contributed by atoms with Crippen LogP contribution in [0.1, 0.15) is 15.9 Å². The molecule has 8 nitrogen and oxygen atoms in total. The van der Waals surface area contributed by atoms with Crippen molar-refractivity contribution in [3.8, 4) is 5.75 Å². The predicted molar refractivity (Wildman–Crippen MR) is 132 cm³/mol. The molecule has 3 aromatic rings. The number of nitrogens with zero attached hydrogens (tertiary/aromatic N) is 3. The molecule has 5 rings (SSSR count). The summed E-state index contributed by atoms with van der Waals surface area (Å²) >= 11 is 1.48. The Kier molecular flexibility index (Phi) is 6.73. The van der Waals surface area contributed by atoms with E-state index in [1.807, 2.05) is 30.3 Å². The number of amides is 1. The second-order valence-electron chi connectivity index (χ2n) is 8.26. The van der Waals surface area contributed by atoms with Gasteiger partial charge in [0.2, 0.25) is 0 Å². The molecule has 2 aliphatic rings. The number of ether oxygens (including phenoxy) is 2. The van der Waals surface area contributed by atoms with Gasteiger partial charge in [0.1, 0.15) is 11.3 Å². The molecule has 0 spiro atoms. The molecule has 2 N–H and O–H groups in total. The van der Waals surface area contributed by atoms with Crippen LogP contribution >= 0.6 is 11.3 Å². The van der Waals surface area contributed by atoms with E-state index in [1.54, 1.807) is 7.11 Å². The van der Waals surface area contributed by atoms with Crippen LogP contribution in [0.2, 0.25) is 0 Å². The molecule has 2 aromatic carbocycles. The molecule has 0 radical (unpaired) electrons. The Balaban J connectivity index is 1.32. The van der Waals surface area contributed by atoms with Gasteiger partial charge in [-0.3, -0.25) is 15.0 Å². The summed E-state index contributed by atoms with van der Waals surface area (Å²) < 4.78 is 12.0. The zero-order chi connectivity index (χ0) is 22.6. The topological polar surface area (TPSA) is 79.0 Å². The molecule has 0 bridgehead atoms. The van der Waals surface area contributed by atoms with Crippen molar-refractivity contribution >= 4 is 38.3 Å². The van der Waals surface area contributed by atoms with Crippen LogP contribution in [0.25, 0.3) is 10.2 Å². The van der Waals surface area contributed by atoms with Crippen LogP contribution in [0.3, 0.4) is 0 Å². The van der Waals surface area contributed by atoms with Crippen molar-refractivity contribution in [3.05, 3.63) is 47.5 Å². The number of piperazine rings is 1. The van der Waals surface area contributed by atoms with E-state index < -0.39 is 0 Å². The normalized spacial score (nSPS) is 17.3. The third-order valence-corrected chi connectivity index (χ3v) is 7.10. The number of aromatic nitrogens is 1. The lowest BCUT2D eigenvalue weighted by molar-refractivity contribution is 0.102. The van der Waals surface area contributed by atoms with Crippen LogP contribution in [0.4, 0.5) is 10.8 Å². The largest absolute Gasteiger partial charge is 0.494 e. The highest BCUT2D eigenvalue weighted by Crippen LogP contribution is 2.39. The van der Waals surface area contributed by atoms with Gasteiger partial charge in [0.25, 0.3) is 5.91 Å². The maximum absolute atomic E-state index is 12.9. The molecule has 0 atom stereocenters. The molecule has 9 heteroatoms. The van der Waals surface area contributed by atoms with Crippen LogP contribution in [0.5, 0.6) is 5.75 Å². The number of morpholine rings is 1. The van der Waals surface area contributed by atoms with Crippen molar-refractivity contribution < 1.29 is 14.3 Å². The lowest BCUT2D eigenvalue weighted by Gasteiger charge is -2.29.